The molecule has 1 aromatic rings. The lowest BCUT2D eigenvalue weighted by molar-refractivity contribution is 0.175. The molecule has 0 amide bonds. The molecule has 0 radical (unpaired) electrons. The molecule has 20 heavy (non-hydrogen) atoms. The third-order valence-electron chi connectivity index (χ3n) is 4.28. The molecule has 0 spiro atoms. The number of nitrogens with zero attached hydrogens (tertiary/aromatic N) is 2. The first kappa shape index (κ1) is 15.3. The van der Waals surface area contributed by atoms with E-state index in [1.807, 2.05) is 13.0 Å². The van der Waals surface area contributed by atoms with Crippen LogP contribution in [-0.4, -0.2) is 27.6 Å². The largest absolute Gasteiger partial charge is 0.506 e. The normalized spacial score (nSPS) is 16.4. The van der Waals surface area contributed by atoms with Crippen molar-refractivity contribution < 1.29 is 5.11 Å². The SMILES string of the molecule is Cc1ccc(O)c(CN(CCC(C)C)C2CCCC2)n1. The van der Waals surface area contributed by atoms with Crippen LogP contribution in [0, 0.1) is 12.8 Å². The van der Waals surface area contributed by atoms with Crippen LogP contribution in [0.1, 0.15) is 57.3 Å². The summed E-state index contributed by atoms with van der Waals surface area (Å²) in [6.07, 6.45) is 6.49. The molecule has 3 nitrogen and oxygen atoms in total. The molecule has 1 saturated carbocycles. The Morgan fingerprint density at radius 1 is 1.30 bits per heavy atom. The fourth-order valence-electron chi connectivity index (χ4n) is 3.00. The van der Waals surface area contributed by atoms with Gasteiger partial charge in [0.2, 0.25) is 0 Å². The standard InChI is InChI=1S/C17H28N2O/c1-13(2)10-11-19(15-6-4-5-7-15)12-16-17(20)9-8-14(3)18-16/h8-9,13,15,20H,4-7,10-12H2,1-3H3. The molecule has 0 unspecified atom stereocenters. The van der Waals surface area contributed by atoms with Crippen molar-refractivity contribution in [2.45, 2.75) is 65.5 Å². The number of pyridine rings is 1. The summed E-state index contributed by atoms with van der Waals surface area (Å²) in [5.74, 6) is 1.06. The van der Waals surface area contributed by atoms with E-state index in [9.17, 15) is 5.11 Å². The van der Waals surface area contributed by atoms with E-state index in [-0.39, 0.29) is 0 Å². The van der Waals surface area contributed by atoms with Gasteiger partial charge in [-0.15, -0.1) is 0 Å². The number of aromatic hydroxyl groups is 1. The Bertz CT molecular complexity index is 425. The lowest BCUT2D eigenvalue weighted by atomic mass is 10.1. The van der Waals surface area contributed by atoms with Gasteiger partial charge in [-0.25, -0.2) is 0 Å². The maximum atomic E-state index is 10.0. The van der Waals surface area contributed by atoms with E-state index in [0.717, 1.165) is 30.4 Å². The van der Waals surface area contributed by atoms with Crippen LogP contribution in [0.3, 0.4) is 0 Å². The average molecular weight is 276 g/mol. The predicted molar refractivity (Wildman–Crippen MR) is 82.8 cm³/mol. The summed E-state index contributed by atoms with van der Waals surface area (Å²) in [5.41, 5.74) is 1.81. The second-order valence-corrected chi connectivity index (χ2v) is 6.51. The Labute approximate surface area is 123 Å². The monoisotopic (exact) mass is 276 g/mol. The first-order valence-electron chi connectivity index (χ1n) is 7.96. The molecule has 1 aliphatic carbocycles. The third kappa shape index (κ3) is 4.20. The maximum absolute atomic E-state index is 10.0. The summed E-state index contributed by atoms with van der Waals surface area (Å²) in [7, 11) is 0. The lowest BCUT2D eigenvalue weighted by Crippen LogP contribution is -2.34. The van der Waals surface area contributed by atoms with E-state index in [1.165, 1.54) is 32.1 Å². The minimum atomic E-state index is 0.336. The summed E-state index contributed by atoms with van der Waals surface area (Å²) < 4.78 is 0. The van der Waals surface area contributed by atoms with Crippen LogP contribution in [0.4, 0.5) is 0 Å². The molecule has 2 rings (SSSR count). The van der Waals surface area contributed by atoms with Gasteiger partial charge >= 0.3 is 0 Å². The Balaban J connectivity index is 2.07. The van der Waals surface area contributed by atoms with E-state index < -0.39 is 0 Å². The fourth-order valence-corrected chi connectivity index (χ4v) is 3.00. The van der Waals surface area contributed by atoms with E-state index in [1.54, 1.807) is 6.07 Å². The highest BCUT2D eigenvalue weighted by molar-refractivity contribution is 5.27. The van der Waals surface area contributed by atoms with Crippen molar-refractivity contribution >= 4 is 0 Å². The highest BCUT2D eigenvalue weighted by Gasteiger charge is 2.23. The third-order valence-corrected chi connectivity index (χ3v) is 4.28. The summed E-state index contributed by atoms with van der Waals surface area (Å²) in [5, 5.41) is 10.0. The Kier molecular flexibility index (Phi) is 5.41. The molecule has 3 heteroatoms. The van der Waals surface area contributed by atoms with Gasteiger partial charge < -0.3 is 5.11 Å². The molecule has 112 valence electrons. The first-order valence-corrected chi connectivity index (χ1v) is 7.96. The number of hydrogen-bond acceptors (Lipinski definition) is 3. The first-order chi connectivity index (χ1) is 9.56. The van der Waals surface area contributed by atoms with E-state index >= 15 is 0 Å². The van der Waals surface area contributed by atoms with Crippen LogP contribution in [0.2, 0.25) is 0 Å². The molecule has 1 N–H and O–H groups in total. The predicted octanol–water partition coefficient (Wildman–Crippen LogP) is 3.89. The molecular weight excluding hydrogens is 248 g/mol. The van der Waals surface area contributed by atoms with Gasteiger partial charge in [0.25, 0.3) is 0 Å². The Morgan fingerprint density at radius 3 is 2.65 bits per heavy atom. The highest BCUT2D eigenvalue weighted by atomic mass is 16.3. The summed E-state index contributed by atoms with van der Waals surface area (Å²) in [6.45, 7) is 8.42. The number of hydrogen-bond donors (Lipinski definition) is 1. The minimum Gasteiger partial charge on any atom is -0.506 e. The molecule has 1 heterocycles. The zero-order valence-corrected chi connectivity index (χ0v) is 13.1. The summed E-state index contributed by atoms with van der Waals surface area (Å²) in [4.78, 5) is 7.06. The second-order valence-electron chi connectivity index (χ2n) is 6.51. The Morgan fingerprint density at radius 2 is 2.00 bits per heavy atom. The zero-order valence-electron chi connectivity index (χ0n) is 13.1. The van der Waals surface area contributed by atoms with Gasteiger partial charge in [-0.1, -0.05) is 26.7 Å². The van der Waals surface area contributed by atoms with Gasteiger partial charge in [-0.05, 0) is 50.8 Å². The summed E-state index contributed by atoms with van der Waals surface area (Å²) in [6, 6.07) is 4.32. The van der Waals surface area contributed by atoms with Crippen molar-refractivity contribution in [1.29, 1.82) is 0 Å². The number of aromatic nitrogens is 1. The highest BCUT2D eigenvalue weighted by Crippen LogP contribution is 2.27. The number of rotatable bonds is 6. The Hall–Kier alpha value is -1.09. The molecule has 0 atom stereocenters. The van der Waals surface area contributed by atoms with Crippen LogP contribution in [0.15, 0.2) is 12.1 Å². The van der Waals surface area contributed by atoms with Crippen molar-refractivity contribution in [3.63, 3.8) is 0 Å². The lowest BCUT2D eigenvalue weighted by Gasteiger charge is -2.29. The van der Waals surface area contributed by atoms with Gasteiger partial charge in [0.15, 0.2) is 0 Å². The van der Waals surface area contributed by atoms with Crippen LogP contribution >= 0.6 is 0 Å². The molecule has 0 aliphatic heterocycles. The van der Waals surface area contributed by atoms with Crippen molar-refractivity contribution in [3.05, 3.63) is 23.5 Å². The van der Waals surface area contributed by atoms with Gasteiger partial charge in [-0.3, -0.25) is 9.88 Å². The van der Waals surface area contributed by atoms with Crippen molar-refractivity contribution in [2.75, 3.05) is 6.54 Å². The van der Waals surface area contributed by atoms with Crippen LogP contribution in [0.25, 0.3) is 0 Å². The molecule has 1 aromatic heterocycles. The molecule has 0 bridgehead atoms. The van der Waals surface area contributed by atoms with Gasteiger partial charge in [0, 0.05) is 18.3 Å². The molecule has 1 aliphatic rings. The zero-order chi connectivity index (χ0) is 14.5. The quantitative estimate of drug-likeness (QED) is 0.856. The van der Waals surface area contributed by atoms with Crippen molar-refractivity contribution in [3.8, 4) is 5.75 Å². The topological polar surface area (TPSA) is 36.4 Å². The fraction of sp³-hybridized carbons (Fsp3) is 0.706. The number of aryl methyl sites for hydroxylation is 1. The van der Waals surface area contributed by atoms with E-state index in [2.05, 4.69) is 23.7 Å². The van der Waals surface area contributed by atoms with Crippen molar-refractivity contribution in [2.24, 2.45) is 5.92 Å². The van der Waals surface area contributed by atoms with Crippen LogP contribution in [0.5, 0.6) is 5.75 Å². The molecular formula is C17H28N2O. The smallest absolute Gasteiger partial charge is 0.138 e. The minimum absolute atomic E-state index is 0.336. The molecule has 0 saturated heterocycles. The van der Waals surface area contributed by atoms with Crippen LogP contribution in [-0.2, 0) is 6.54 Å². The van der Waals surface area contributed by atoms with Crippen LogP contribution < -0.4 is 0 Å². The van der Waals surface area contributed by atoms with E-state index in [4.69, 9.17) is 0 Å². The van der Waals surface area contributed by atoms with Gasteiger partial charge in [0.05, 0.1) is 5.69 Å². The van der Waals surface area contributed by atoms with Gasteiger partial charge in [-0.2, -0.15) is 0 Å². The maximum Gasteiger partial charge on any atom is 0.138 e. The summed E-state index contributed by atoms with van der Waals surface area (Å²) >= 11 is 0. The second kappa shape index (κ2) is 7.07. The molecule has 0 aromatic carbocycles. The van der Waals surface area contributed by atoms with Crippen molar-refractivity contribution in [1.82, 2.24) is 9.88 Å². The molecule has 1 fully saturated rings. The van der Waals surface area contributed by atoms with E-state index in [0.29, 0.717) is 11.8 Å². The average Bonchev–Trinajstić information content (AvgIpc) is 2.92. The van der Waals surface area contributed by atoms with Gasteiger partial charge in [0.1, 0.15) is 5.75 Å².